The van der Waals surface area contributed by atoms with Gasteiger partial charge in [0.2, 0.25) is 0 Å². The van der Waals surface area contributed by atoms with E-state index >= 15 is 0 Å². The molecule has 0 saturated heterocycles. The van der Waals surface area contributed by atoms with Gasteiger partial charge in [-0.25, -0.2) is 0 Å². The van der Waals surface area contributed by atoms with E-state index in [1.54, 1.807) is 11.3 Å². The molecule has 0 aliphatic carbocycles. The highest BCUT2D eigenvalue weighted by Crippen LogP contribution is 2.25. The highest BCUT2D eigenvalue weighted by molar-refractivity contribution is 7.17. The van der Waals surface area contributed by atoms with Gasteiger partial charge in [-0.05, 0) is 35.7 Å². The summed E-state index contributed by atoms with van der Waals surface area (Å²) in [5.74, 6) is 0. The Bertz CT molecular complexity index is 431. The van der Waals surface area contributed by atoms with Gasteiger partial charge in [0.1, 0.15) is 0 Å². The maximum absolute atomic E-state index is 4.42. The third-order valence-corrected chi connectivity index (χ3v) is 3.27. The SMILES string of the molecule is CCC.CCCc1cc2c(C)csc2cn1. The van der Waals surface area contributed by atoms with Gasteiger partial charge in [-0.2, -0.15) is 0 Å². The highest BCUT2D eigenvalue weighted by Gasteiger charge is 2.01. The van der Waals surface area contributed by atoms with E-state index in [2.05, 4.69) is 44.1 Å². The Morgan fingerprint density at radius 2 is 1.94 bits per heavy atom. The molecule has 88 valence electrons. The number of thiophene rings is 1. The van der Waals surface area contributed by atoms with Crippen molar-refractivity contribution in [3.8, 4) is 0 Å². The van der Waals surface area contributed by atoms with Crippen LogP contribution in [0.2, 0.25) is 0 Å². The fourth-order valence-corrected chi connectivity index (χ4v) is 2.39. The number of nitrogens with zero attached hydrogens (tertiary/aromatic N) is 1. The van der Waals surface area contributed by atoms with E-state index in [4.69, 9.17) is 0 Å². The van der Waals surface area contributed by atoms with E-state index in [9.17, 15) is 0 Å². The Balaban J connectivity index is 0.000000386. The molecule has 2 heterocycles. The normalized spacial score (nSPS) is 10.0. The zero-order valence-electron chi connectivity index (χ0n) is 10.7. The third kappa shape index (κ3) is 3.31. The second kappa shape index (κ2) is 6.64. The molecule has 2 aromatic rings. The van der Waals surface area contributed by atoms with Crippen molar-refractivity contribution in [3.05, 3.63) is 28.9 Å². The number of rotatable bonds is 2. The lowest BCUT2D eigenvalue weighted by atomic mass is 10.1. The van der Waals surface area contributed by atoms with Gasteiger partial charge in [0, 0.05) is 11.9 Å². The van der Waals surface area contributed by atoms with Gasteiger partial charge in [0.25, 0.3) is 0 Å². The van der Waals surface area contributed by atoms with Gasteiger partial charge in [-0.15, -0.1) is 11.3 Å². The van der Waals surface area contributed by atoms with E-state index in [0.717, 1.165) is 6.42 Å². The van der Waals surface area contributed by atoms with Crippen molar-refractivity contribution in [1.29, 1.82) is 0 Å². The van der Waals surface area contributed by atoms with E-state index < -0.39 is 0 Å². The monoisotopic (exact) mass is 235 g/mol. The summed E-state index contributed by atoms with van der Waals surface area (Å²) in [7, 11) is 0. The molecule has 0 aliphatic rings. The van der Waals surface area contributed by atoms with Gasteiger partial charge in [0.15, 0.2) is 0 Å². The molecule has 0 amide bonds. The predicted octanol–water partition coefficient (Wildman–Crippen LogP) is 4.97. The van der Waals surface area contributed by atoms with Crippen molar-refractivity contribution in [2.24, 2.45) is 0 Å². The number of fused-ring (bicyclic) bond motifs is 1. The standard InChI is InChI=1S/C11H13NS.C3H8/c1-3-4-9-5-10-8(2)7-13-11(10)6-12-9;1-3-2/h5-7H,3-4H2,1-2H3;3H2,1-2H3. The Morgan fingerprint density at radius 1 is 1.25 bits per heavy atom. The lowest BCUT2D eigenvalue weighted by Gasteiger charge is -1.97. The van der Waals surface area contributed by atoms with Crippen LogP contribution >= 0.6 is 11.3 Å². The van der Waals surface area contributed by atoms with Crippen molar-refractivity contribution >= 4 is 21.4 Å². The van der Waals surface area contributed by atoms with Crippen molar-refractivity contribution in [1.82, 2.24) is 4.98 Å². The first-order valence-electron chi connectivity index (χ1n) is 6.05. The van der Waals surface area contributed by atoms with Crippen LogP contribution in [0.3, 0.4) is 0 Å². The summed E-state index contributed by atoms with van der Waals surface area (Å²) in [6.07, 6.45) is 5.50. The first kappa shape index (κ1) is 13.2. The number of hydrogen-bond acceptors (Lipinski definition) is 2. The van der Waals surface area contributed by atoms with Gasteiger partial charge < -0.3 is 0 Å². The molecule has 0 aromatic carbocycles. The van der Waals surface area contributed by atoms with E-state index in [0.29, 0.717) is 0 Å². The van der Waals surface area contributed by atoms with Crippen LogP contribution in [0, 0.1) is 6.92 Å². The van der Waals surface area contributed by atoms with Crippen LogP contribution in [0.5, 0.6) is 0 Å². The van der Waals surface area contributed by atoms with E-state index in [-0.39, 0.29) is 0 Å². The number of hydrogen-bond donors (Lipinski definition) is 0. The van der Waals surface area contributed by atoms with Crippen LogP contribution in [0.1, 0.15) is 44.9 Å². The molecule has 1 nitrogen and oxygen atoms in total. The second-order valence-electron chi connectivity index (χ2n) is 4.05. The van der Waals surface area contributed by atoms with Crippen LogP contribution in [0.4, 0.5) is 0 Å². The lowest BCUT2D eigenvalue weighted by molar-refractivity contribution is 0.886. The molecule has 0 bridgehead atoms. The average Bonchev–Trinajstić information content (AvgIpc) is 2.62. The molecule has 0 N–H and O–H groups in total. The molecule has 0 saturated carbocycles. The average molecular weight is 235 g/mol. The number of pyridine rings is 1. The van der Waals surface area contributed by atoms with Gasteiger partial charge in [0.05, 0.1) is 4.70 Å². The number of aryl methyl sites for hydroxylation is 2. The molecule has 0 unspecified atom stereocenters. The van der Waals surface area contributed by atoms with Gasteiger partial charge in [-0.3, -0.25) is 4.98 Å². The first-order valence-corrected chi connectivity index (χ1v) is 6.93. The summed E-state index contributed by atoms with van der Waals surface area (Å²) in [5, 5.41) is 3.57. The van der Waals surface area contributed by atoms with Gasteiger partial charge >= 0.3 is 0 Å². The fraction of sp³-hybridized carbons (Fsp3) is 0.500. The van der Waals surface area contributed by atoms with E-state index in [1.165, 1.54) is 34.2 Å². The molecule has 0 radical (unpaired) electrons. The van der Waals surface area contributed by atoms with Crippen LogP contribution in [0.15, 0.2) is 17.6 Å². The maximum atomic E-state index is 4.42. The Hall–Kier alpha value is -0.890. The molecule has 0 spiro atoms. The smallest absolute Gasteiger partial charge is 0.0529 e. The fourth-order valence-electron chi connectivity index (χ4n) is 1.50. The second-order valence-corrected chi connectivity index (χ2v) is 4.96. The largest absolute Gasteiger partial charge is 0.260 e. The molecule has 0 fully saturated rings. The maximum Gasteiger partial charge on any atom is 0.0529 e. The first-order chi connectivity index (χ1) is 7.72. The summed E-state index contributed by atoms with van der Waals surface area (Å²) in [6.45, 7) is 8.60. The molecule has 2 rings (SSSR count). The van der Waals surface area contributed by atoms with Gasteiger partial charge in [-0.1, -0.05) is 33.6 Å². The molecule has 0 aliphatic heterocycles. The minimum atomic E-state index is 1.09. The molecule has 16 heavy (non-hydrogen) atoms. The molecular formula is C14H21NS. The van der Waals surface area contributed by atoms with Crippen LogP contribution in [0.25, 0.3) is 10.1 Å². The summed E-state index contributed by atoms with van der Waals surface area (Å²) in [4.78, 5) is 4.42. The van der Waals surface area contributed by atoms with Crippen LogP contribution < -0.4 is 0 Å². The van der Waals surface area contributed by atoms with Crippen molar-refractivity contribution < 1.29 is 0 Å². The zero-order chi connectivity index (χ0) is 12.0. The summed E-state index contributed by atoms with van der Waals surface area (Å²) >= 11 is 1.78. The Labute approximate surface area is 103 Å². The molecule has 2 aromatic heterocycles. The predicted molar refractivity (Wildman–Crippen MR) is 74.3 cm³/mol. The Morgan fingerprint density at radius 3 is 2.56 bits per heavy atom. The van der Waals surface area contributed by atoms with Crippen molar-refractivity contribution in [2.75, 3.05) is 0 Å². The Kier molecular flexibility index (Phi) is 5.47. The summed E-state index contributed by atoms with van der Waals surface area (Å²) < 4.78 is 1.30. The van der Waals surface area contributed by atoms with Crippen molar-refractivity contribution in [2.45, 2.75) is 47.0 Å². The zero-order valence-corrected chi connectivity index (χ0v) is 11.5. The van der Waals surface area contributed by atoms with Crippen LogP contribution in [-0.2, 0) is 6.42 Å². The quantitative estimate of drug-likeness (QED) is 0.716. The lowest BCUT2D eigenvalue weighted by Crippen LogP contribution is -1.87. The summed E-state index contributed by atoms with van der Waals surface area (Å²) in [5.41, 5.74) is 2.59. The highest BCUT2D eigenvalue weighted by atomic mass is 32.1. The number of aromatic nitrogens is 1. The van der Waals surface area contributed by atoms with E-state index in [1.807, 2.05) is 6.20 Å². The summed E-state index contributed by atoms with van der Waals surface area (Å²) in [6, 6.07) is 2.23. The minimum Gasteiger partial charge on any atom is -0.260 e. The third-order valence-electron chi connectivity index (χ3n) is 2.22. The molecule has 2 heteroatoms. The minimum absolute atomic E-state index is 1.09. The topological polar surface area (TPSA) is 12.9 Å². The van der Waals surface area contributed by atoms with Crippen molar-refractivity contribution in [3.63, 3.8) is 0 Å². The molecule has 0 atom stereocenters. The van der Waals surface area contributed by atoms with Crippen LogP contribution in [-0.4, -0.2) is 4.98 Å². The molecular weight excluding hydrogens is 214 g/mol.